The number of hydrogen-bond acceptors (Lipinski definition) is 3. The van der Waals surface area contributed by atoms with Gasteiger partial charge in [-0.15, -0.1) is 0 Å². The van der Waals surface area contributed by atoms with Gasteiger partial charge in [0.2, 0.25) is 0 Å². The third kappa shape index (κ3) is 2.42. The van der Waals surface area contributed by atoms with Gasteiger partial charge in [0.15, 0.2) is 5.79 Å². The summed E-state index contributed by atoms with van der Waals surface area (Å²) in [6.45, 7) is 9.29. The Bertz CT molecular complexity index is 631. The second kappa shape index (κ2) is 6.17. The fourth-order valence-electron chi connectivity index (χ4n) is 7.67. The first kappa shape index (κ1) is 18.7. The van der Waals surface area contributed by atoms with Crippen molar-refractivity contribution in [3.05, 3.63) is 11.1 Å². The molecule has 0 spiro atoms. The molecular weight excluding hydrogens is 324 g/mol. The topological polar surface area (TPSA) is 35.5 Å². The number of Topliss-reactive ketones (excluding diaryl/α,β-unsaturated/α-hetero) is 1. The summed E-state index contributed by atoms with van der Waals surface area (Å²) in [7, 11) is 3.56. The van der Waals surface area contributed by atoms with Crippen LogP contribution in [0.4, 0.5) is 0 Å². The van der Waals surface area contributed by atoms with Gasteiger partial charge in [-0.05, 0) is 55.3 Å². The highest BCUT2D eigenvalue weighted by molar-refractivity contribution is 5.89. The summed E-state index contributed by atoms with van der Waals surface area (Å²) in [4.78, 5) is 13.0. The Morgan fingerprint density at radius 1 is 1.08 bits per heavy atom. The zero-order valence-corrected chi connectivity index (χ0v) is 17.4. The second-order valence-electron chi connectivity index (χ2n) is 10.1. The third-order valence-electron chi connectivity index (χ3n) is 8.76. The summed E-state index contributed by atoms with van der Waals surface area (Å²) >= 11 is 0. The van der Waals surface area contributed by atoms with Crippen molar-refractivity contribution in [2.24, 2.45) is 40.9 Å². The minimum absolute atomic E-state index is 0.0796. The molecule has 0 saturated heterocycles. The minimum Gasteiger partial charge on any atom is -0.353 e. The number of hydrogen-bond donors (Lipinski definition) is 0. The van der Waals surface area contributed by atoms with Crippen molar-refractivity contribution in [3.63, 3.8) is 0 Å². The average molecular weight is 361 g/mol. The molecule has 3 heteroatoms. The van der Waals surface area contributed by atoms with Crippen LogP contribution in [0.1, 0.15) is 66.2 Å². The smallest absolute Gasteiger partial charge is 0.171 e. The first-order chi connectivity index (χ1) is 12.3. The van der Waals surface area contributed by atoms with E-state index in [-0.39, 0.29) is 11.3 Å². The molecule has 0 aromatic heterocycles. The number of rotatable bonds is 2. The van der Waals surface area contributed by atoms with Crippen molar-refractivity contribution in [2.45, 2.75) is 72.0 Å². The monoisotopic (exact) mass is 360 g/mol. The van der Waals surface area contributed by atoms with Crippen molar-refractivity contribution >= 4 is 5.78 Å². The van der Waals surface area contributed by atoms with Crippen LogP contribution in [-0.2, 0) is 14.3 Å². The molecule has 0 amide bonds. The van der Waals surface area contributed by atoms with Crippen LogP contribution in [0, 0.1) is 40.9 Å². The lowest BCUT2D eigenvalue weighted by atomic mass is 9.49. The predicted octanol–water partition coefficient (Wildman–Crippen LogP) is 5.00. The number of ether oxygens (including phenoxy) is 2. The highest BCUT2D eigenvalue weighted by Gasteiger charge is 2.61. The molecule has 2 fully saturated rings. The van der Waals surface area contributed by atoms with E-state index < -0.39 is 5.79 Å². The fraction of sp³-hybridized carbons (Fsp3) is 0.870. The van der Waals surface area contributed by atoms with Crippen LogP contribution in [0.5, 0.6) is 0 Å². The van der Waals surface area contributed by atoms with Gasteiger partial charge in [-0.25, -0.2) is 0 Å². The molecule has 2 saturated carbocycles. The maximum absolute atomic E-state index is 13.0. The van der Waals surface area contributed by atoms with E-state index in [2.05, 4.69) is 27.7 Å². The van der Waals surface area contributed by atoms with Gasteiger partial charge >= 0.3 is 0 Å². The lowest BCUT2D eigenvalue weighted by Gasteiger charge is -2.56. The van der Waals surface area contributed by atoms with Gasteiger partial charge in [-0.3, -0.25) is 4.79 Å². The van der Waals surface area contributed by atoms with Crippen molar-refractivity contribution in [1.82, 2.24) is 0 Å². The maximum Gasteiger partial charge on any atom is 0.171 e. The van der Waals surface area contributed by atoms with Crippen LogP contribution in [0.25, 0.3) is 0 Å². The predicted molar refractivity (Wildman–Crippen MR) is 103 cm³/mol. The summed E-state index contributed by atoms with van der Waals surface area (Å²) in [5, 5.41) is 0. The lowest BCUT2D eigenvalue weighted by molar-refractivity contribution is -0.214. The van der Waals surface area contributed by atoms with Crippen LogP contribution < -0.4 is 0 Å². The Morgan fingerprint density at radius 3 is 2.42 bits per heavy atom. The molecule has 0 N–H and O–H groups in total. The molecule has 0 aliphatic heterocycles. The Hall–Kier alpha value is -0.670. The Morgan fingerprint density at radius 2 is 1.77 bits per heavy atom. The maximum atomic E-state index is 13.0. The summed E-state index contributed by atoms with van der Waals surface area (Å²) in [6, 6.07) is 0. The summed E-state index contributed by atoms with van der Waals surface area (Å²) in [5.41, 5.74) is 3.23. The molecule has 4 rings (SSSR count). The fourth-order valence-corrected chi connectivity index (χ4v) is 7.67. The van der Waals surface area contributed by atoms with E-state index in [1.54, 1.807) is 25.4 Å². The SMILES string of the molecule is COC1(OC)CCC2=C(CC(C)C3C2[C@@H](C)C[C@]2(C)C(=O)[C@H](C)CC32)C1. The van der Waals surface area contributed by atoms with E-state index in [9.17, 15) is 4.79 Å². The van der Waals surface area contributed by atoms with E-state index in [0.717, 1.165) is 38.5 Å². The molecule has 4 aliphatic rings. The minimum atomic E-state index is -0.421. The summed E-state index contributed by atoms with van der Waals surface area (Å²) in [6.07, 6.45) is 6.32. The number of methoxy groups -OCH3 is 2. The van der Waals surface area contributed by atoms with Gasteiger partial charge in [0.1, 0.15) is 5.78 Å². The first-order valence-corrected chi connectivity index (χ1v) is 10.6. The lowest BCUT2D eigenvalue weighted by Crippen LogP contribution is -2.51. The van der Waals surface area contributed by atoms with Crippen molar-refractivity contribution in [3.8, 4) is 0 Å². The van der Waals surface area contributed by atoms with E-state index in [1.165, 1.54) is 0 Å². The van der Waals surface area contributed by atoms with Crippen molar-refractivity contribution < 1.29 is 14.3 Å². The van der Waals surface area contributed by atoms with Crippen LogP contribution >= 0.6 is 0 Å². The molecule has 0 heterocycles. The molecular formula is C23H36O3. The van der Waals surface area contributed by atoms with Crippen LogP contribution in [0.2, 0.25) is 0 Å². The highest BCUT2D eigenvalue weighted by Crippen LogP contribution is 2.64. The van der Waals surface area contributed by atoms with E-state index in [1.807, 2.05) is 0 Å². The Kier molecular flexibility index (Phi) is 4.43. The summed E-state index contributed by atoms with van der Waals surface area (Å²) < 4.78 is 11.6. The molecule has 0 radical (unpaired) electrons. The zero-order chi connectivity index (χ0) is 18.9. The molecule has 0 aromatic rings. The molecule has 7 atom stereocenters. The van der Waals surface area contributed by atoms with Gasteiger partial charge in [-0.1, -0.05) is 38.8 Å². The van der Waals surface area contributed by atoms with Crippen molar-refractivity contribution in [2.75, 3.05) is 14.2 Å². The highest BCUT2D eigenvalue weighted by atomic mass is 16.7. The van der Waals surface area contributed by atoms with Crippen LogP contribution in [-0.4, -0.2) is 25.8 Å². The van der Waals surface area contributed by atoms with Crippen molar-refractivity contribution in [1.29, 1.82) is 0 Å². The van der Waals surface area contributed by atoms with E-state index >= 15 is 0 Å². The van der Waals surface area contributed by atoms with Gasteiger partial charge in [0.25, 0.3) is 0 Å². The number of carbonyl (C=O) groups is 1. The van der Waals surface area contributed by atoms with E-state index in [0.29, 0.717) is 35.4 Å². The van der Waals surface area contributed by atoms with Gasteiger partial charge in [0, 0.05) is 38.4 Å². The number of ketones is 1. The summed E-state index contributed by atoms with van der Waals surface area (Å²) in [5.74, 6) is 3.53. The molecule has 3 nitrogen and oxygen atoms in total. The van der Waals surface area contributed by atoms with Crippen LogP contribution in [0.3, 0.4) is 0 Å². The van der Waals surface area contributed by atoms with E-state index in [4.69, 9.17) is 9.47 Å². The number of carbonyl (C=O) groups excluding carboxylic acids is 1. The normalized spacial score (nSPS) is 47.4. The molecule has 0 aromatic carbocycles. The van der Waals surface area contributed by atoms with Gasteiger partial charge in [-0.2, -0.15) is 0 Å². The molecule has 4 aliphatic carbocycles. The molecule has 146 valence electrons. The second-order valence-corrected chi connectivity index (χ2v) is 10.1. The quantitative estimate of drug-likeness (QED) is 0.513. The first-order valence-electron chi connectivity index (χ1n) is 10.6. The molecule has 4 unspecified atom stereocenters. The number of allylic oxidation sites excluding steroid dienone is 1. The molecule has 26 heavy (non-hydrogen) atoms. The average Bonchev–Trinajstić information content (AvgIpc) is 2.84. The number of fused-ring (bicyclic) bond motifs is 4. The van der Waals surface area contributed by atoms with Crippen LogP contribution in [0.15, 0.2) is 11.1 Å². The van der Waals surface area contributed by atoms with Gasteiger partial charge in [0.05, 0.1) is 0 Å². The zero-order valence-electron chi connectivity index (χ0n) is 17.4. The Balaban J connectivity index is 1.72. The Labute approximate surface area is 158 Å². The van der Waals surface area contributed by atoms with Gasteiger partial charge < -0.3 is 9.47 Å². The largest absolute Gasteiger partial charge is 0.353 e. The third-order valence-corrected chi connectivity index (χ3v) is 8.76. The molecule has 0 bridgehead atoms. The standard InChI is InChI=1S/C23H36O3/c1-13-9-16-12-23(25-5,26-6)8-7-17(16)19-15(3)11-22(4)18(20(13)19)10-14(2)21(22)24/h13-15,18-20H,7-12H2,1-6H3/t13?,14-,15+,18?,19?,20?,22+/m1/s1.